The zero-order valence-corrected chi connectivity index (χ0v) is 23.7. The van der Waals surface area contributed by atoms with Crippen LogP contribution in [-0.2, 0) is 25.7 Å². The Morgan fingerprint density at radius 2 is 1.77 bits per heavy atom. The van der Waals surface area contributed by atoms with Gasteiger partial charge in [0.15, 0.2) is 0 Å². The number of rotatable bonds is 11. The second-order valence-electron chi connectivity index (χ2n) is 11.9. The maximum Gasteiger partial charge on any atom is 0.250 e. The number of nitrogens with zero attached hydrogens (tertiary/aromatic N) is 1. The first-order chi connectivity index (χ1) is 19.2. The van der Waals surface area contributed by atoms with Crippen molar-refractivity contribution >= 4 is 23.4 Å². The molecule has 0 radical (unpaired) electrons. The van der Waals surface area contributed by atoms with E-state index in [1.54, 1.807) is 4.90 Å². The number of unbranched alkanes of at least 4 members (excludes halogenated alkanes) is 3. The minimum Gasteiger partial charge on any atom is -0.396 e. The lowest BCUT2D eigenvalue weighted by atomic mass is 9.66. The number of aryl methyl sites for hydroxylation is 2. The lowest BCUT2D eigenvalue weighted by molar-refractivity contribution is -0.144. The van der Waals surface area contributed by atoms with Gasteiger partial charge in [0.2, 0.25) is 17.7 Å². The molecule has 2 unspecified atom stereocenters. The van der Waals surface area contributed by atoms with Crippen molar-refractivity contribution in [1.29, 1.82) is 0 Å². The molecule has 8 nitrogen and oxygen atoms in total. The summed E-state index contributed by atoms with van der Waals surface area (Å²) in [6.07, 6.45) is 4.27. The van der Waals surface area contributed by atoms with E-state index in [-0.39, 0.29) is 24.3 Å². The number of fused-ring (bicyclic) bond motifs is 1. The molecule has 40 heavy (non-hydrogen) atoms. The number of ether oxygens (including phenoxy) is 1. The van der Waals surface area contributed by atoms with E-state index in [4.69, 9.17) is 9.84 Å². The quantitative estimate of drug-likeness (QED) is 0.370. The van der Waals surface area contributed by atoms with Crippen molar-refractivity contribution in [3.05, 3.63) is 65.2 Å². The lowest BCUT2D eigenvalue weighted by Crippen LogP contribution is -2.53. The lowest BCUT2D eigenvalue weighted by Gasteiger charge is -2.33. The van der Waals surface area contributed by atoms with Gasteiger partial charge in [-0.2, -0.15) is 0 Å². The molecule has 0 aliphatic carbocycles. The number of amides is 3. The summed E-state index contributed by atoms with van der Waals surface area (Å²) in [5, 5.41) is 15.3. The first-order valence-electron chi connectivity index (χ1n) is 14.5. The Kier molecular flexibility index (Phi) is 8.02. The monoisotopic (exact) mass is 547 g/mol. The highest BCUT2D eigenvalue weighted by molar-refractivity contribution is 6.04. The predicted octanol–water partition coefficient (Wildman–Crippen LogP) is 3.88. The van der Waals surface area contributed by atoms with E-state index in [0.717, 1.165) is 35.2 Å². The minimum atomic E-state index is -1.05. The molecule has 3 aliphatic heterocycles. The van der Waals surface area contributed by atoms with Crippen molar-refractivity contribution in [1.82, 2.24) is 10.2 Å². The Morgan fingerprint density at radius 1 is 1.02 bits per heavy atom. The number of anilines is 1. The maximum atomic E-state index is 14.2. The van der Waals surface area contributed by atoms with Crippen LogP contribution in [0.1, 0.15) is 62.1 Å². The second kappa shape index (κ2) is 11.3. The molecule has 2 aromatic carbocycles. The molecular weight excluding hydrogens is 506 g/mol. The molecule has 3 aliphatic rings. The molecular formula is C32H41N3O5. The summed E-state index contributed by atoms with van der Waals surface area (Å²) in [5.74, 6) is -2.03. The van der Waals surface area contributed by atoms with E-state index in [2.05, 4.69) is 10.6 Å². The van der Waals surface area contributed by atoms with Crippen molar-refractivity contribution in [2.75, 3.05) is 18.5 Å². The molecule has 1 spiro atoms. The van der Waals surface area contributed by atoms with Gasteiger partial charge in [0, 0.05) is 25.4 Å². The standard InChI is InChI=1S/C32H41N3O5/c1-21-13-14-22(2)24(19-21)34-29(38)27-32-16-15-31(3,40-32)25(28(37)33-20-23-11-7-6-8-12-23)26(32)30(39)35(27)17-9-4-5-10-18-36/h6-8,11-14,19,25-27,36H,4-5,9-10,15-18,20H2,1-3H3,(H,33,37)(H,34,38)/t25-,26+,27?,31+,32?/m1/s1. The van der Waals surface area contributed by atoms with Crippen LogP contribution in [0.4, 0.5) is 5.69 Å². The number of likely N-dealkylation sites (tertiary alicyclic amines) is 1. The minimum absolute atomic E-state index is 0.140. The van der Waals surface area contributed by atoms with Crippen molar-refractivity contribution in [3.63, 3.8) is 0 Å². The van der Waals surface area contributed by atoms with Crippen LogP contribution in [0.2, 0.25) is 0 Å². The summed E-state index contributed by atoms with van der Waals surface area (Å²) in [6.45, 7) is 6.75. The summed E-state index contributed by atoms with van der Waals surface area (Å²) in [4.78, 5) is 43.6. The summed E-state index contributed by atoms with van der Waals surface area (Å²) in [5.41, 5.74) is 1.80. The average Bonchev–Trinajstić information content (AvgIpc) is 3.50. The van der Waals surface area contributed by atoms with Crippen molar-refractivity contribution < 1.29 is 24.2 Å². The Bertz CT molecular complexity index is 1270. The third kappa shape index (κ3) is 5.03. The number of hydrogen-bond donors (Lipinski definition) is 3. The first kappa shape index (κ1) is 28.3. The molecule has 0 aromatic heterocycles. The van der Waals surface area contributed by atoms with Crippen LogP contribution in [0.5, 0.6) is 0 Å². The molecule has 3 N–H and O–H groups in total. The number of aliphatic hydroxyl groups excluding tert-OH is 1. The van der Waals surface area contributed by atoms with Gasteiger partial charge in [0.1, 0.15) is 11.6 Å². The zero-order chi connectivity index (χ0) is 28.5. The smallest absolute Gasteiger partial charge is 0.250 e. The van der Waals surface area contributed by atoms with Crippen LogP contribution in [0, 0.1) is 25.7 Å². The Hall–Kier alpha value is -3.23. The largest absolute Gasteiger partial charge is 0.396 e. The maximum absolute atomic E-state index is 14.2. The topological polar surface area (TPSA) is 108 Å². The average molecular weight is 548 g/mol. The molecule has 214 valence electrons. The number of carbonyl (C=O) groups excluding carboxylic acids is 3. The van der Waals surface area contributed by atoms with Gasteiger partial charge < -0.3 is 25.4 Å². The fraction of sp³-hybridized carbons (Fsp3) is 0.531. The van der Waals surface area contributed by atoms with Gasteiger partial charge in [0.25, 0.3) is 0 Å². The highest BCUT2D eigenvalue weighted by atomic mass is 16.5. The van der Waals surface area contributed by atoms with Gasteiger partial charge in [0.05, 0.1) is 17.4 Å². The van der Waals surface area contributed by atoms with E-state index < -0.39 is 29.1 Å². The molecule has 3 amide bonds. The molecule has 3 heterocycles. The molecule has 3 saturated heterocycles. The molecule has 2 aromatic rings. The normalized spacial score (nSPS) is 28.6. The van der Waals surface area contributed by atoms with Crippen molar-refractivity contribution in [2.45, 2.75) is 83.1 Å². The SMILES string of the molecule is Cc1ccc(C)c(NC(=O)C2N(CCCCCCO)C(=O)[C@@H]3[C@H](C(=O)NCc4ccccc4)[C@]4(C)CCC23O4)c1. The fourth-order valence-corrected chi connectivity index (χ4v) is 7.08. The van der Waals surface area contributed by atoms with Crippen LogP contribution in [0.3, 0.4) is 0 Å². The summed E-state index contributed by atoms with van der Waals surface area (Å²) in [6, 6.07) is 14.8. The summed E-state index contributed by atoms with van der Waals surface area (Å²) >= 11 is 0. The first-order valence-corrected chi connectivity index (χ1v) is 14.5. The highest BCUT2D eigenvalue weighted by Crippen LogP contribution is 2.63. The Morgan fingerprint density at radius 3 is 2.52 bits per heavy atom. The van der Waals surface area contributed by atoms with E-state index in [1.165, 1.54) is 0 Å². The van der Waals surface area contributed by atoms with E-state index in [1.807, 2.05) is 69.3 Å². The molecule has 5 rings (SSSR count). The fourth-order valence-electron chi connectivity index (χ4n) is 7.08. The Balaban J connectivity index is 1.43. The van der Waals surface area contributed by atoms with Gasteiger partial charge in [-0.3, -0.25) is 14.4 Å². The molecule has 8 heteroatoms. The second-order valence-corrected chi connectivity index (χ2v) is 11.9. The number of nitrogens with one attached hydrogen (secondary N) is 2. The van der Waals surface area contributed by atoms with Gasteiger partial charge in [-0.05, 0) is 69.2 Å². The predicted molar refractivity (Wildman–Crippen MR) is 152 cm³/mol. The third-order valence-electron chi connectivity index (χ3n) is 9.08. The van der Waals surface area contributed by atoms with Gasteiger partial charge in [-0.15, -0.1) is 0 Å². The van der Waals surface area contributed by atoms with Crippen LogP contribution >= 0.6 is 0 Å². The number of hydrogen-bond acceptors (Lipinski definition) is 5. The van der Waals surface area contributed by atoms with Crippen molar-refractivity contribution in [2.24, 2.45) is 11.8 Å². The van der Waals surface area contributed by atoms with Crippen LogP contribution in [0.15, 0.2) is 48.5 Å². The highest BCUT2D eigenvalue weighted by Gasteiger charge is 2.77. The van der Waals surface area contributed by atoms with Gasteiger partial charge in [-0.25, -0.2) is 0 Å². The zero-order valence-electron chi connectivity index (χ0n) is 23.7. The van der Waals surface area contributed by atoms with Crippen LogP contribution in [0.25, 0.3) is 0 Å². The van der Waals surface area contributed by atoms with E-state index in [0.29, 0.717) is 38.8 Å². The summed E-state index contributed by atoms with van der Waals surface area (Å²) in [7, 11) is 0. The number of benzene rings is 2. The molecule has 2 bridgehead atoms. The van der Waals surface area contributed by atoms with Gasteiger partial charge >= 0.3 is 0 Å². The molecule has 3 fully saturated rings. The Labute approximate surface area is 236 Å². The van der Waals surface area contributed by atoms with E-state index >= 15 is 0 Å². The van der Waals surface area contributed by atoms with E-state index in [9.17, 15) is 14.4 Å². The van der Waals surface area contributed by atoms with Gasteiger partial charge in [-0.1, -0.05) is 55.3 Å². The van der Waals surface area contributed by atoms with Crippen LogP contribution < -0.4 is 10.6 Å². The number of aliphatic hydroxyl groups is 1. The molecule has 5 atom stereocenters. The summed E-state index contributed by atoms with van der Waals surface area (Å²) < 4.78 is 6.71. The third-order valence-corrected chi connectivity index (χ3v) is 9.08. The molecule has 0 saturated carbocycles. The number of carbonyl (C=O) groups is 3. The van der Waals surface area contributed by atoms with Crippen LogP contribution in [-0.4, -0.2) is 58.1 Å². The van der Waals surface area contributed by atoms with Crippen molar-refractivity contribution in [3.8, 4) is 0 Å².